The van der Waals surface area contributed by atoms with E-state index in [0.29, 0.717) is 0 Å². The van der Waals surface area contributed by atoms with Crippen LogP contribution in [0.15, 0.2) is 24.3 Å². The van der Waals surface area contributed by atoms with Crippen LogP contribution in [0.5, 0.6) is 0 Å². The summed E-state index contributed by atoms with van der Waals surface area (Å²) in [6.07, 6.45) is 4.22. The van der Waals surface area contributed by atoms with Crippen LogP contribution in [-0.4, -0.2) is 25.0 Å². The van der Waals surface area contributed by atoms with Gasteiger partial charge in [0.1, 0.15) is 0 Å². The molecule has 3 nitrogen and oxygen atoms in total. The third-order valence-corrected chi connectivity index (χ3v) is 3.58. The van der Waals surface area contributed by atoms with Crippen molar-refractivity contribution in [3.8, 4) is 0 Å². The lowest BCUT2D eigenvalue weighted by Crippen LogP contribution is -2.47. The van der Waals surface area contributed by atoms with E-state index in [9.17, 15) is 4.79 Å². The summed E-state index contributed by atoms with van der Waals surface area (Å²) in [5.74, 6) is 0.156. The normalized spacial score (nSPS) is 18.5. The Bertz CT molecular complexity index is 403. The van der Waals surface area contributed by atoms with Crippen molar-refractivity contribution in [2.24, 2.45) is 0 Å². The maximum absolute atomic E-state index is 11.9. The standard InChI is InChI=1S/C15H22N2O.ClH/c1-12-6-2-3-7-13(12)9-11-17-15(18)14-8-4-5-10-16-14;/h2-3,6-7,14,16H,4-5,8-11H2,1H3,(H,17,18);1H/t14-;/m1./s1. The Kier molecular flexibility index (Phi) is 6.89. The van der Waals surface area contributed by atoms with Crippen LogP contribution in [0, 0.1) is 6.92 Å². The maximum Gasteiger partial charge on any atom is 0.237 e. The molecule has 1 saturated heterocycles. The first kappa shape index (κ1) is 16.0. The molecule has 0 spiro atoms. The molecular weight excluding hydrogens is 260 g/mol. The molecule has 1 atom stereocenters. The van der Waals surface area contributed by atoms with Gasteiger partial charge in [-0.3, -0.25) is 4.79 Å². The largest absolute Gasteiger partial charge is 0.354 e. The molecule has 106 valence electrons. The molecule has 19 heavy (non-hydrogen) atoms. The third-order valence-electron chi connectivity index (χ3n) is 3.58. The summed E-state index contributed by atoms with van der Waals surface area (Å²) in [6, 6.07) is 8.35. The summed E-state index contributed by atoms with van der Waals surface area (Å²) in [5.41, 5.74) is 2.61. The van der Waals surface area contributed by atoms with Gasteiger partial charge in [-0.05, 0) is 43.9 Å². The van der Waals surface area contributed by atoms with Gasteiger partial charge in [0.2, 0.25) is 5.91 Å². The van der Waals surface area contributed by atoms with Gasteiger partial charge in [-0.1, -0.05) is 30.7 Å². The lowest BCUT2D eigenvalue weighted by Gasteiger charge is -2.22. The topological polar surface area (TPSA) is 41.1 Å². The van der Waals surface area contributed by atoms with E-state index in [1.807, 2.05) is 12.1 Å². The predicted octanol–water partition coefficient (Wildman–Crippen LogP) is 2.22. The summed E-state index contributed by atoms with van der Waals surface area (Å²) >= 11 is 0. The molecule has 1 heterocycles. The van der Waals surface area contributed by atoms with Crippen molar-refractivity contribution in [1.82, 2.24) is 10.6 Å². The van der Waals surface area contributed by atoms with Crippen molar-refractivity contribution in [3.05, 3.63) is 35.4 Å². The number of benzene rings is 1. The molecule has 1 aromatic carbocycles. The summed E-state index contributed by atoms with van der Waals surface area (Å²) < 4.78 is 0. The first-order chi connectivity index (χ1) is 8.77. The minimum absolute atomic E-state index is 0. The lowest BCUT2D eigenvalue weighted by molar-refractivity contribution is -0.123. The maximum atomic E-state index is 11.9. The molecular formula is C15H23ClN2O. The number of carbonyl (C=O) groups is 1. The van der Waals surface area contributed by atoms with Crippen LogP contribution in [0.4, 0.5) is 0 Å². The first-order valence-corrected chi connectivity index (χ1v) is 6.83. The monoisotopic (exact) mass is 282 g/mol. The van der Waals surface area contributed by atoms with Gasteiger partial charge in [0.25, 0.3) is 0 Å². The highest BCUT2D eigenvalue weighted by Crippen LogP contribution is 2.08. The highest BCUT2D eigenvalue weighted by molar-refractivity contribution is 5.85. The molecule has 0 aliphatic carbocycles. The molecule has 1 fully saturated rings. The SMILES string of the molecule is Cc1ccccc1CCNC(=O)[C@H]1CCCCN1.Cl. The van der Waals surface area contributed by atoms with Crippen molar-refractivity contribution in [1.29, 1.82) is 0 Å². The quantitative estimate of drug-likeness (QED) is 0.889. The van der Waals surface area contributed by atoms with Crippen LogP contribution in [0.2, 0.25) is 0 Å². The molecule has 1 aliphatic heterocycles. The van der Waals surface area contributed by atoms with Crippen molar-refractivity contribution >= 4 is 18.3 Å². The highest BCUT2D eigenvalue weighted by atomic mass is 35.5. The van der Waals surface area contributed by atoms with Gasteiger partial charge in [-0.15, -0.1) is 12.4 Å². The number of hydrogen-bond acceptors (Lipinski definition) is 2. The number of halogens is 1. The zero-order chi connectivity index (χ0) is 12.8. The summed E-state index contributed by atoms with van der Waals surface area (Å²) in [6.45, 7) is 3.80. The average Bonchev–Trinajstić information content (AvgIpc) is 2.42. The van der Waals surface area contributed by atoms with Crippen LogP contribution < -0.4 is 10.6 Å². The van der Waals surface area contributed by atoms with Gasteiger partial charge in [-0.2, -0.15) is 0 Å². The van der Waals surface area contributed by atoms with Gasteiger partial charge in [-0.25, -0.2) is 0 Å². The van der Waals surface area contributed by atoms with Crippen molar-refractivity contribution in [2.75, 3.05) is 13.1 Å². The summed E-state index contributed by atoms with van der Waals surface area (Å²) in [4.78, 5) is 11.9. The van der Waals surface area contributed by atoms with Gasteiger partial charge < -0.3 is 10.6 Å². The van der Waals surface area contributed by atoms with Crippen LogP contribution in [0.1, 0.15) is 30.4 Å². The number of aryl methyl sites for hydroxylation is 1. The van der Waals surface area contributed by atoms with Gasteiger partial charge in [0.05, 0.1) is 6.04 Å². The fourth-order valence-corrected chi connectivity index (χ4v) is 2.41. The molecule has 2 N–H and O–H groups in total. The Morgan fingerprint density at radius 2 is 2.16 bits per heavy atom. The van der Waals surface area contributed by atoms with Gasteiger partial charge >= 0.3 is 0 Å². The Morgan fingerprint density at radius 3 is 2.84 bits per heavy atom. The number of rotatable bonds is 4. The van der Waals surface area contributed by atoms with E-state index >= 15 is 0 Å². The first-order valence-electron chi connectivity index (χ1n) is 6.83. The molecule has 0 bridgehead atoms. The Balaban J connectivity index is 0.00000180. The number of hydrogen-bond donors (Lipinski definition) is 2. The Morgan fingerprint density at radius 1 is 1.37 bits per heavy atom. The zero-order valence-corrected chi connectivity index (χ0v) is 12.3. The van der Waals surface area contributed by atoms with Crippen molar-refractivity contribution in [3.63, 3.8) is 0 Å². The fourth-order valence-electron chi connectivity index (χ4n) is 2.41. The number of amides is 1. The highest BCUT2D eigenvalue weighted by Gasteiger charge is 2.19. The summed E-state index contributed by atoms with van der Waals surface area (Å²) in [7, 11) is 0. The molecule has 0 aromatic heterocycles. The molecule has 0 radical (unpaired) electrons. The van der Waals surface area contributed by atoms with Crippen LogP contribution in [-0.2, 0) is 11.2 Å². The number of piperidine rings is 1. The van der Waals surface area contributed by atoms with E-state index in [0.717, 1.165) is 32.4 Å². The average molecular weight is 283 g/mol. The third kappa shape index (κ3) is 4.84. The van der Waals surface area contributed by atoms with E-state index in [4.69, 9.17) is 0 Å². The second kappa shape index (κ2) is 8.18. The second-order valence-electron chi connectivity index (χ2n) is 4.97. The lowest BCUT2D eigenvalue weighted by atomic mass is 10.0. The molecule has 0 saturated carbocycles. The van der Waals surface area contributed by atoms with Crippen molar-refractivity contribution < 1.29 is 4.79 Å². The fraction of sp³-hybridized carbons (Fsp3) is 0.533. The van der Waals surface area contributed by atoms with Gasteiger partial charge in [0.15, 0.2) is 0 Å². The molecule has 0 unspecified atom stereocenters. The minimum Gasteiger partial charge on any atom is -0.354 e. The van der Waals surface area contributed by atoms with E-state index in [2.05, 4.69) is 29.7 Å². The van der Waals surface area contributed by atoms with Crippen LogP contribution in [0.25, 0.3) is 0 Å². The van der Waals surface area contributed by atoms with Gasteiger partial charge in [0, 0.05) is 6.54 Å². The molecule has 4 heteroatoms. The molecule has 1 aliphatic rings. The second-order valence-corrected chi connectivity index (χ2v) is 4.97. The number of carbonyl (C=O) groups excluding carboxylic acids is 1. The predicted molar refractivity (Wildman–Crippen MR) is 80.8 cm³/mol. The Hall–Kier alpha value is -1.06. The number of nitrogens with one attached hydrogen (secondary N) is 2. The van der Waals surface area contributed by atoms with E-state index < -0.39 is 0 Å². The van der Waals surface area contributed by atoms with Crippen molar-refractivity contribution in [2.45, 2.75) is 38.6 Å². The minimum atomic E-state index is 0. The zero-order valence-electron chi connectivity index (χ0n) is 11.4. The smallest absolute Gasteiger partial charge is 0.237 e. The van der Waals surface area contributed by atoms with Crippen LogP contribution in [0.3, 0.4) is 0 Å². The Labute approximate surface area is 121 Å². The molecule has 1 amide bonds. The summed E-state index contributed by atoms with van der Waals surface area (Å²) in [5, 5.41) is 6.29. The molecule has 2 rings (SSSR count). The van der Waals surface area contributed by atoms with E-state index in [-0.39, 0.29) is 24.4 Å². The molecule has 1 aromatic rings. The van der Waals surface area contributed by atoms with E-state index in [1.54, 1.807) is 0 Å². The van der Waals surface area contributed by atoms with Crippen LogP contribution >= 0.6 is 12.4 Å². The van der Waals surface area contributed by atoms with E-state index in [1.165, 1.54) is 17.5 Å².